The van der Waals surface area contributed by atoms with Crippen LogP contribution in [0.5, 0.6) is 0 Å². The fourth-order valence-corrected chi connectivity index (χ4v) is 17.1. The lowest BCUT2D eigenvalue weighted by molar-refractivity contribution is 1.15. The third-order valence-electron chi connectivity index (χ3n) is 21.4. The Balaban J connectivity index is 0.838. The normalized spacial score (nSPS) is 12.0. The number of aryl methyl sites for hydroxylation is 1. The van der Waals surface area contributed by atoms with Gasteiger partial charge in [-0.3, -0.25) is 0 Å². The van der Waals surface area contributed by atoms with Crippen LogP contribution in [0, 0.1) is 24.8 Å². The highest BCUT2D eigenvalue weighted by Crippen LogP contribution is 2.47. The molecular formula is C93H56N8. The summed E-state index contributed by atoms with van der Waals surface area (Å²) in [7, 11) is 0. The molecule has 0 saturated carbocycles. The van der Waals surface area contributed by atoms with Gasteiger partial charge in [-0.25, -0.2) is 4.85 Å². The molecule has 21 rings (SSSR count). The third kappa shape index (κ3) is 8.16. The van der Waals surface area contributed by atoms with E-state index in [2.05, 4.69) is 349 Å². The van der Waals surface area contributed by atoms with Crippen LogP contribution in [0.4, 0.5) is 5.69 Å². The maximum absolute atomic E-state index is 10.3. The summed E-state index contributed by atoms with van der Waals surface area (Å²) in [5, 5.41) is 24.3. The second kappa shape index (κ2) is 21.5. The lowest BCUT2D eigenvalue weighted by Crippen LogP contribution is -2.01. The van der Waals surface area contributed by atoms with Crippen molar-refractivity contribution in [1.82, 2.24) is 27.4 Å². The molecule has 0 spiro atoms. The molecular weight excluding hydrogens is 1230 g/mol. The molecule has 0 radical (unpaired) electrons. The van der Waals surface area contributed by atoms with Crippen molar-refractivity contribution in [3.63, 3.8) is 0 Å². The van der Waals surface area contributed by atoms with Crippen molar-refractivity contribution >= 4 is 137 Å². The van der Waals surface area contributed by atoms with E-state index in [9.17, 15) is 5.26 Å². The van der Waals surface area contributed by atoms with Gasteiger partial charge in [0.2, 0.25) is 0 Å². The van der Waals surface area contributed by atoms with Gasteiger partial charge in [0.1, 0.15) is 0 Å². The van der Waals surface area contributed by atoms with Gasteiger partial charge in [0.25, 0.3) is 0 Å². The standard InChI is InChI=1S/C93H56N8/c1-57-49-58(56-94)35-42-65(57)66-43-37-60(100-89-45-38-61(96-81-27-11-3-19-67(81)68-20-4-12-28-82(68)96)52-77(89)78-53-62(39-46-90(78)100)97-83-29-13-5-21-69(83)70-22-6-14-30-84(70)97)51-75(66)76-50-59(95-2)36-44-91(76)101-92-47-40-63(98-85-31-15-7-23-71(85)72-24-8-16-32-86(72)98)54-79(92)80-55-64(41-48-93(80)101)99-87-33-17-9-25-73(87)74-26-10-18-34-88(74)99/h3-55H,1H3. The maximum Gasteiger partial charge on any atom is 0.188 e. The number of hydrogen-bond acceptors (Lipinski definition) is 1. The Morgan fingerprint density at radius 3 is 0.851 bits per heavy atom. The Labute approximate surface area is 579 Å². The van der Waals surface area contributed by atoms with Crippen molar-refractivity contribution in [1.29, 1.82) is 5.26 Å². The minimum atomic E-state index is 0.520. The number of hydrogen-bond donors (Lipinski definition) is 0. The van der Waals surface area contributed by atoms with Crippen LogP contribution >= 0.6 is 0 Å². The first-order chi connectivity index (χ1) is 49.9. The summed E-state index contributed by atoms with van der Waals surface area (Å²) >= 11 is 0. The molecule has 0 saturated heterocycles. The Morgan fingerprint density at radius 2 is 0.535 bits per heavy atom. The Morgan fingerprint density at radius 1 is 0.248 bits per heavy atom. The predicted molar refractivity (Wildman–Crippen MR) is 419 cm³/mol. The molecule has 8 nitrogen and oxygen atoms in total. The van der Waals surface area contributed by atoms with Gasteiger partial charge in [-0.1, -0.05) is 164 Å². The fraction of sp³-hybridized carbons (Fsp3) is 0.0108. The van der Waals surface area contributed by atoms with Crippen molar-refractivity contribution in [3.05, 3.63) is 344 Å². The molecule has 0 aliphatic carbocycles. The molecule has 0 aliphatic heterocycles. The first kappa shape index (κ1) is 56.3. The highest BCUT2D eigenvalue weighted by Gasteiger charge is 2.26. The van der Waals surface area contributed by atoms with E-state index >= 15 is 0 Å². The molecule has 8 heteroatoms. The van der Waals surface area contributed by atoms with Crippen molar-refractivity contribution in [2.75, 3.05) is 0 Å². The topological polar surface area (TPSA) is 57.7 Å². The lowest BCUT2D eigenvalue weighted by atomic mass is 9.90. The van der Waals surface area contributed by atoms with Crippen LogP contribution in [0.1, 0.15) is 11.1 Å². The van der Waals surface area contributed by atoms with E-state index in [-0.39, 0.29) is 0 Å². The molecule has 21 aromatic rings. The monoisotopic (exact) mass is 1280 g/mol. The molecule has 0 N–H and O–H groups in total. The van der Waals surface area contributed by atoms with Gasteiger partial charge < -0.3 is 27.4 Å². The van der Waals surface area contributed by atoms with Gasteiger partial charge >= 0.3 is 0 Å². The summed E-state index contributed by atoms with van der Waals surface area (Å²) in [6, 6.07) is 119. The van der Waals surface area contributed by atoms with Crippen molar-refractivity contribution in [3.8, 4) is 62.4 Å². The minimum absolute atomic E-state index is 0.520. The molecule has 0 unspecified atom stereocenters. The lowest BCUT2D eigenvalue weighted by Gasteiger charge is -2.20. The van der Waals surface area contributed by atoms with E-state index in [4.69, 9.17) is 6.57 Å². The molecule has 101 heavy (non-hydrogen) atoms. The summed E-state index contributed by atoms with van der Waals surface area (Å²) in [5.41, 5.74) is 25.3. The summed E-state index contributed by atoms with van der Waals surface area (Å²) in [4.78, 5) is 4.20. The largest absolute Gasteiger partial charge is 0.309 e. The van der Waals surface area contributed by atoms with E-state index in [0.29, 0.717) is 11.3 Å². The van der Waals surface area contributed by atoms with E-state index in [1.54, 1.807) is 0 Å². The molecule has 0 bridgehead atoms. The van der Waals surface area contributed by atoms with Crippen LogP contribution in [0.25, 0.3) is 192 Å². The molecule has 0 fully saturated rings. The maximum atomic E-state index is 10.3. The zero-order valence-electron chi connectivity index (χ0n) is 54.7. The predicted octanol–water partition coefficient (Wildman–Crippen LogP) is 24.3. The van der Waals surface area contributed by atoms with E-state index in [0.717, 1.165) is 150 Å². The van der Waals surface area contributed by atoms with Crippen LogP contribution in [0.2, 0.25) is 0 Å². The first-order valence-electron chi connectivity index (χ1n) is 34.2. The summed E-state index contributed by atoms with van der Waals surface area (Å²) in [6.07, 6.45) is 0. The number of aromatic nitrogens is 6. The van der Waals surface area contributed by atoms with E-state index in [1.807, 2.05) is 18.2 Å². The van der Waals surface area contributed by atoms with Crippen LogP contribution in [-0.2, 0) is 0 Å². The molecule has 6 heterocycles. The first-order valence-corrected chi connectivity index (χ1v) is 34.2. The SMILES string of the molecule is [C-]#[N+]c1ccc(-n2c3ccc(-n4c5ccccc5c5ccccc54)cc3c3cc(-n4c5ccccc5c5ccccc54)ccc32)c(-c2cc(-n3c4ccc(-n5c6ccccc6c6ccccc65)cc4c4cc(-n5c6ccccc6c6ccccc65)ccc43)ccc2-c2ccc(C#N)cc2C)c1. The highest BCUT2D eigenvalue weighted by atomic mass is 15.0. The average Bonchev–Trinajstić information content (AvgIpc) is 1.58. The van der Waals surface area contributed by atoms with Crippen LogP contribution < -0.4 is 0 Å². The number of benzene rings is 15. The van der Waals surface area contributed by atoms with E-state index < -0.39 is 0 Å². The molecule has 6 aromatic heterocycles. The molecule has 0 amide bonds. The number of para-hydroxylation sites is 8. The van der Waals surface area contributed by atoms with Crippen LogP contribution in [0.3, 0.4) is 0 Å². The van der Waals surface area contributed by atoms with Gasteiger partial charge in [0, 0.05) is 93.1 Å². The second-order valence-corrected chi connectivity index (χ2v) is 26.6. The molecule has 468 valence electrons. The number of nitrogens with zero attached hydrogens (tertiary/aromatic N) is 8. The number of fused-ring (bicyclic) bond motifs is 18. The van der Waals surface area contributed by atoms with E-state index in [1.165, 1.54) is 43.1 Å². The second-order valence-electron chi connectivity index (χ2n) is 26.6. The zero-order chi connectivity index (χ0) is 66.7. The molecule has 15 aromatic carbocycles. The van der Waals surface area contributed by atoms with Crippen molar-refractivity contribution < 1.29 is 0 Å². The van der Waals surface area contributed by atoms with Crippen molar-refractivity contribution in [2.45, 2.75) is 6.92 Å². The number of rotatable bonds is 8. The van der Waals surface area contributed by atoms with Gasteiger partial charge in [0.05, 0.1) is 90.1 Å². The quantitative estimate of drug-likeness (QED) is 0.140. The molecule has 0 aliphatic rings. The highest BCUT2D eigenvalue weighted by molar-refractivity contribution is 6.17. The molecule has 0 atom stereocenters. The Kier molecular flexibility index (Phi) is 12.0. The van der Waals surface area contributed by atoms with Gasteiger partial charge in [-0.05, 0) is 192 Å². The Bertz CT molecular complexity index is 6710. The summed E-state index contributed by atoms with van der Waals surface area (Å²) in [6.45, 7) is 10.8. The van der Waals surface area contributed by atoms with Crippen LogP contribution in [-0.4, -0.2) is 27.4 Å². The van der Waals surface area contributed by atoms with Crippen LogP contribution in [0.15, 0.2) is 322 Å². The summed E-state index contributed by atoms with van der Waals surface area (Å²) in [5.74, 6) is 0. The average molecular weight is 1290 g/mol. The van der Waals surface area contributed by atoms with Gasteiger partial charge in [-0.2, -0.15) is 5.26 Å². The third-order valence-corrected chi connectivity index (χ3v) is 21.4. The zero-order valence-corrected chi connectivity index (χ0v) is 54.7. The van der Waals surface area contributed by atoms with Gasteiger partial charge in [-0.15, -0.1) is 0 Å². The number of nitriles is 1. The Hall–Kier alpha value is -13.9. The fourth-order valence-electron chi connectivity index (χ4n) is 17.1. The van der Waals surface area contributed by atoms with Gasteiger partial charge in [0.15, 0.2) is 5.69 Å². The smallest absolute Gasteiger partial charge is 0.188 e. The van der Waals surface area contributed by atoms with Crippen molar-refractivity contribution in [2.24, 2.45) is 0 Å². The minimum Gasteiger partial charge on any atom is -0.309 e. The summed E-state index contributed by atoms with van der Waals surface area (Å²) < 4.78 is 14.5.